The Kier molecular flexibility index (Phi) is 3.31. The predicted octanol–water partition coefficient (Wildman–Crippen LogP) is 1.32. The van der Waals surface area contributed by atoms with Gasteiger partial charge in [-0.25, -0.2) is 4.98 Å². The number of aromatic nitrogens is 2. The molecular weight excluding hydrogens is 218 g/mol. The molecule has 1 aromatic carbocycles. The highest BCUT2D eigenvalue weighted by atomic mass is 16.5. The Bertz CT molecular complexity index is 520. The molecule has 3 N–H and O–H groups in total. The Morgan fingerprint density at radius 2 is 2.29 bits per heavy atom. The van der Waals surface area contributed by atoms with E-state index in [1.807, 2.05) is 22.8 Å². The number of aliphatic hydroxyl groups is 1. The summed E-state index contributed by atoms with van der Waals surface area (Å²) in [4.78, 5) is 4.40. The maximum absolute atomic E-state index is 9.72. The number of hydrogen-bond donors (Lipinski definition) is 2. The number of nitrogens with two attached hydrogens (primary N) is 1. The van der Waals surface area contributed by atoms with Gasteiger partial charge in [0.2, 0.25) is 0 Å². The first-order valence-electron chi connectivity index (χ1n) is 5.56. The van der Waals surface area contributed by atoms with Crippen LogP contribution in [0.5, 0.6) is 0 Å². The second kappa shape index (κ2) is 4.73. The van der Waals surface area contributed by atoms with Gasteiger partial charge in [-0.05, 0) is 25.1 Å². The first-order chi connectivity index (χ1) is 8.13. The molecule has 5 nitrogen and oxygen atoms in total. The van der Waals surface area contributed by atoms with Crippen LogP contribution in [-0.4, -0.2) is 28.4 Å². The van der Waals surface area contributed by atoms with Crippen molar-refractivity contribution in [2.75, 3.05) is 19.5 Å². The lowest BCUT2D eigenvalue weighted by atomic mass is 10.3. The number of methoxy groups -OCH3 is 1. The van der Waals surface area contributed by atoms with E-state index < -0.39 is 6.10 Å². The van der Waals surface area contributed by atoms with E-state index in [2.05, 4.69) is 4.98 Å². The molecule has 0 radical (unpaired) electrons. The Balaban J connectivity index is 2.54. The van der Waals surface area contributed by atoms with E-state index in [1.54, 1.807) is 14.0 Å². The minimum Gasteiger partial charge on any atom is -0.399 e. The summed E-state index contributed by atoms with van der Waals surface area (Å²) in [5, 5.41) is 9.72. The molecule has 0 bridgehead atoms. The van der Waals surface area contributed by atoms with Crippen molar-refractivity contribution in [3.63, 3.8) is 0 Å². The highest BCUT2D eigenvalue weighted by Crippen LogP contribution is 2.22. The largest absolute Gasteiger partial charge is 0.399 e. The van der Waals surface area contributed by atoms with Crippen LogP contribution in [0, 0.1) is 0 Å². The first kappa shape index (κ1) is 11.9. The molecule has 1 atom stereocenters. The monoisotopic (exact) mass is 235 g/mol. The van der Waals surface area contributed by atoms with E-state index in [-0.39, 0.29) is 0 Å². The fourth-order valence-corrected chi connectivity index (χ4v) is 1.90. The van der Waals surface area contributed by atoms with Gasteiger partial charge in [0.15, 0.2) is 0 Å². The fourth-order valence-electron chi connectivity index (χ4n) is 1.90. The lowest BCUT2D eigenvalue weighted by Gasteiger charge is -2.10. The zero-order valence-corrected chi connectivity index (χ0v) is 10.1. The number of nitrogens with zero attached hydrogens (tertiary/aromatic N) is 2. The van der Waals surface area contributed by atoms with Gasteiger partial charge in [-0.15, -0.1) is 0 Å². The van der Waals surface area contributed by atoms with E-state index in [0.29, 0.717) is 24.7 Å². The SMILES string of the molecule is COCCn1c(C(C)O)nc2cc(N)ccc21. The summed E-state index contributed by atoms with van der Waals surface area (Å²) in [6.45, 7) is 2.95. The van der Waals surface area contributed by atoms with Gasteiger partial charge in [-0.3, -0.25) is 0 Å². The van der Waals surface area contributed by atoms with Crippen LogP contribution < -0.4 is 5.73 Å². The van der Waals surface area contributed by atoms with Crippen LogP contribution >= 0.6 is 0 Å². The summed E-state index contributed by atoms with van der Waals surface area (Å²) in [5.74, 6) is 0.641. The Morgan fingerprint density at radius 3 is 2.94 bits per heavy atom. The molecule has 2 aromatic rings. The normalized spacial score (nSPS) is 13.1. The number of anilines is 1. The fraction of sp³-hybridized carbons (Fsp3) is 0.417. The van der Waals surface area contributed by atoms with E-state index in [4.69, 9.17) is 10.5 Å². The molecule has 0 saturated heterocycles. The molecular formula is C12H17N3O2. The van der Waals surface area contributed by atoms with Crippen molar-refractivity contribution in [3.8, 4) is 0 Å². The number of nitrogen functional groups attached to an aromatic ring is 1. The number of rotatable bonds is 4. The molecule has 0 fully saturated rings. The van der Waals surface area contributed by atoms with Crippen molar-refractivity contribution in [2.24, 2.45) is 0 Å². The molecule has 5 heteroatoms. The number of hydrogen-bond acceptors (Lipinski definition) is 4. The number of imidazole rings is 1. The Labute approximate surface area is 99.8 Å². The van der Waals surface area contributed by atoms with Crippen LogP contribution in [0.3, 0.4) is 0 Å². The first-order valence-corrected chi connectivity index (χ1v) is 5.56. The van der Waals surface area contributed by atoms with Crippen molar-refractivity contribution in [2.45, 2.75) is 19.6 Å². The molecule has 0 amide bonds. The molecule has 0 saturated carbocycles. The molecule has 0 aliphatic carbocycles. The summed E-state index contributed by atoms with van der Waals surface area (Å²) in [5.41, 5.74) is 8.16. The van der Waals surface area contributed by atoms with Crippen LogP contribution in [0.4, 0.5) is 5.69 Å². The van der Waals surface area contributed by atoms with Gasteiger partial charge in [0, 0.05) is 19.3 Å². The van der Waals surface area contributed by atoms with Crippen LogP contribution in [-0.2, 0) is 11.3 Å². The van der Waals surface area contributed by atoms with Gasteiger partial charge in [0.1, 0.15) is 11.9 Å². The molecule has 0 spiro atoms. The maximum Gasteiger partial charge on any atom is 0.138 e. The molecule has 92 valence electrons. The third-order valence-corrected chi connectivity index (χ3v) is 2.69. The molecule has 17 heavy (non-hydrogen) atoms. The molecule has 1 aromatic heterocycles. The van der Waals surface area contributed by atoms with E-state index in [0.717, 1.165) is 11.0 Å². The summed E-state index contributed by atoms with van der Waals surface area (Å²) < 4.78 is 7.03. The van der Waals surface area contributed by atoms with Gasteiger partial charge >= 0.3 is 0 Å². The van der Waals surface area contributed by atoms with Gasteiger partial charge in [0.05, 0.1) is 17.6 Å². The smallest absolute Gasteiger partial charge is 0.138 e. The Hall–Kier alpha value is -1.59. The van der Waals surface area contributed by atoms with Crippen LogP contribution in [0.2, 0.25) is 0 Å². The molecule has 0 aliphatic heterocycles. The van der Waals surface area contributed by atoms with Crippen molar-refractivity contribution in [1.82, 2.24) is 9.55 Å². The number of benzene rings is 1. The highest BCUT2D eigenvalue weighted by molar-refractivity contribution is 5.79. The zero-order valence-electron chi connectivity index (χ0n) is 10.1. The molecule has 2 rings (SSSR count). The number of ether oxygens (including phenoxy) is 1. The third-order valence-electron chi connectivity index (χ3n) is 2.69. The van der Waals surface area contributed by atoms with Gasteiger partial charge in [-0.2, -0.15) is 0 Å². The average molecular weight is 235 g/mol. The van der Waals surface area contributed by atoms with Crippen molar-refractivity contribution in [1.29, 1.82) is 0 Å². The topological polar surface area (TPSA) is 73.3 Å². The maximum atomic E-state index is 9.72. The second-order valence-electron chi connectivity index (χ2n) is 4.04. The minimum absolute atomic E-state index is 0.579. The second-order valence-corrected chi connectivity index (χ2v) is 4.04. The van der Waals surface area contributed by atoms with Crippen molar-refractivity contribution < 1.29 is 9.84 Å². The molecule has 1 heterocycles. The van der Waals surface area contributed by atoms with Crippen molar-refractivity contribution >= 4 is 16.7 Å². The van der Waals surface area contributed by atoms with Gasteiger partial charge in [0.25, 0.3) is 0 Å². The quantitative estimate of drug-likeness (QED) is 0.784. The van der Waals surface area contributed by atoms with E-state index >= 15 is 0 Å². The van der Waals surface area contributed by atoms with Crippen LogP contribution in [0.25, 0.3) is 11.0 Å². The van der Waals surface area contributed by atoms with Crippen LogP contribution in [0.15, 0.2) is 18.2 Å². The van der Waals surface area contributed by atoms with E-state index in [9.17, 15) is 5.11 Å². The standard InChI is InChI=1S/C12H17N3O2/c1-8(16)12-14-10-7-9(13)3-4-11(10)15(12)5-6-17-2/h3-4,7-8,16H,5-6,13H2,1-2H3. The summed E-state index contributed by atoms with van der Waals surface area (Å²) in [6, 6.07) is 5.56. The highest BCUT2D eigenvalue weighted by Gasteiger charge is 2.14. The molecule has 0 aliphatic rings. The van der Waals surface area contributed by atoms with Crippen molar-refractivity contribution in [3.05, 3.63) is 24.0 Å². The molecule has 1 unspecified atom stereocenters. The summed E-state index contributed by atoms with van der Waals surface area (Å²) in [7, 11) is 1.65. The van der Waals surface area contributed by atoms with Gasteiger partial charge < -0.3 is 20.1 Å². The lowest BCUT2D eigenvalue weighted by molar-refractivity contribution is 0.167. The predicted molar refractivity (Wildman–Crippen MR) is 66.7 cm³/mol. The lowest BCUT2D eigenvalue weighted by Crippen LogP contribution is -2.10. The number of aliphatic hydroxyl groups excluding tert-OH is 1. The summed E-state index contributed by atoms with van der Waals surface area (Å²) >= 11 is 0. The number of fused-ring (bicyclic) bond motifs is 1. The van der Waals surface area contributed by atoms with Crippen LogP contribution in [0.1, 0.15) is 18.9 Å². The Morgan fingerprint density at radius 1 is 1.53 bits per heavy atom. The zero-order chi connectivity index (χ0) is 12.4. The van der Waals surface area contributed by atoms with Gasteiger partial charge in [-0.1, -0.05) is 0 Å². The summed E-state index contributed by atoms with van der Waals surface area (Å²) in [6.07, 6.45) is -0.611. The van der Waals surface area contributed by atoms with E-state index in [1.165, 1.54) is 0 Å². The minimum atomic E-state index is -0.611. The average Bonchev–Trinajstić information content (AvgIpc) is 2.64. The third kappa shape index (κ3) is 2.25.